The average Bonchev–Trinajstić information content (AvgIpc) is 2.73. The predicted molar refractivity (Wildman–Crippen MR) is 70.1 cm³/mol. The standard InChI is InChI=1S/C13H15BrF3N/c1-9-3-2-6-18(9)12-5-4-10(8-14)7-11(12)13(15,16)17/h4-5,7,9H,2-3,6,8H2,1H3. The highest BCUT2D eigenvalue weighted by atomic mass is 79.9. The van der Waals surface area contributed by atoms with Crippen LogP contribution in [0.25, 0.3) is 0 Å². The molecule has 1 nitrogen and oxygen atoms in total. The molecule has 0 amide bonds. The van der Waals surface area contributed by atoms with Crippen molar-refractivity contribution in [3.63, 3.8) is 0 Å². The molecule has 1 aromatic rings. The molecule has 0 aliphatic carbocycles. The SMILES string of the molecule is CC1CCCN1c1ccc(CBr)cc1C(F)(F)F. The van der Waals surface area contributed by atoms with E-state index in [1.54, 1.807) is 12.1 Å². The Morgan fingerprint density at radius 3 is 2.61 bits per heavy atom. The van der Waals surface area contributed by atoms with Crippen molar-refractivity contribution >= 4 is 21.6 Å². The molecule has 0 radical (unpaired) electrons. The third kappa shape index (κ3) is 2.66. The van der Waals surface area contributed by atoms with Crippen LogP contribution in [0.15, 0.2) is 18.2 Å². The molecular formula is C13H15BrF3N. The maximum absolute atomic E-state index is 13.1. The van der Waals surface area contributed by atoms with E-state index in [0.29, 0.717) is 23.1 Å². The second kappa shape index (κ2) is 5.11. The molecule has 100 valence electrons. The maximum Gasteiger partial charge on any atom is 0.418 e. The number of nitrogens with zero attached hydrogens (tertiary/aromatic N) is 1. The molecular weight excluding hydrogens is 307 g/mol. The van der Waals surface area contributed by atoms with E-state index in [9.17, 15) is 13.2 Å². The first-order valence-corrected chi connectivity index (χ1v) is 7.08. The van der Waals surface area contributed by atoms with Crippen molar-refractivity contribution in [3.8, 4) is 0 Å². The fourth-order valence-electron chi connectivity index (χ4n) is 2.43. The van der Waals surface area contributed by atoms with E-state index in [1.807, 2.05) is 11.8 Å². The van der Waals surface area contributed by atoms with Gasteiger partial charge in [0.05, 0.1) is 5.56 Å². The van der Waals surface area contributed by atoms with E-state index in [4.69, 9.17) is 0 Å². The molecule has 0 spiro atoms. The van der Waals surface area contributed by atoms with Crippen LogP contribution in [0.5, 0.6) is 0 Å². The molecule has 1 atom stereocenters. The number of hydrogen-bond donors (Lipinski definition) is 0. The lowest BCUT2D eigenvalue weighted by molar-refractivity contribution is -0.137. The summed E-state index contributed by atoms with van der Waals surface area (Å²) in [4.78, 5) is 1.86. The van der Waals surface area contributed by atoms with Gasteiger partial charge in [0.2, 0.25) is 0 Å². The molecule has 1 aliphatic heterocycles. The van der Waals surface area contributed by atoms with Crippen LogP contribution in [0.1, 0.15) is 30.9 Å². The average molecular weight is 322 g/mol. The van der Waals surface area contributed by atoms with Gasteiger partial charge in [-0.2, -0.15) is 13.2 Å². The number of hydrogen-bond acceptors (Lipinski definition) is 1. The first-order chi connectivity index (χ1) is 8.43. The lowest BCUT2D eigenvalue weighted by Gasteiger charge is -2.27. The molecule has 1 heterocycles. The molecule has 2 rings (SSSR count). The van der Waals surface area contributed by atoms with Crippen LogP contribution >= 0.6 is 15.9 Å². The Morgan fingerprint density at radius 1 is 1.39 bits per heavy atom. The number of alkyl halides is 4. The minimum absolute atomic E-state index is 0.181. The molecule has 1 aromatic carbocycles. The van der Waals surface area contributed by atoms with E-state index in [0.717, 1.165) is 12.8 Å². The van der Waals surface area contributed by atoms with Gasteiger partial charge in [0.15, 0.2) is 0 Å². The van der Waals surface area contributed by atoms with E-state index < -0.39 is 11.7 Å². The highest BCUT2D eigenvalue weighted by Crippen LogP contribution is 2.39. The zero-order valence-electron chi connectivity index (χ0n) is 10.1. The summed E-state index contributed by atoms with van der Waals surface area (Å²) >= 11 is 3.20. The Bertz CT molecular complexity index is 431. The van der Waals surface area contributed by atoms with Crippen molar-refractivity contribution in [1.29, 1.82) is 0 Å². The van der Waals surface area contributed by atoms with E-state index in [1.165, 1.54) is 6.07 Å². The fourth-order valence-corrected chi connectivity index (χ4v) is 2.78. The maximum atomic E-state index is 13.1. The van der Waals surface area contributed by atoms with Gasteiger partial charge in [-0.15, -0.1) is 0 Å². The smallest absolute Gasteiger partial charge is 0.368 e. The van der Waals surface area contributed by atoms with Crippen LogP contribution in [0, 0.1) is 0 Å². The van der Waals surface area contributed by atoms with Crippen molar-refractivity contribution < 1.29 is 13.2 Å². The molecule has 5 heteroatoms. The number of halogens is 4. The van der Waals surface area contributed by atoms with Gasteiger partial charge in [0.1, 0.15) is 0 Å². The van der Waals surface area contributed by atoms with Crippen LogP contribution in [0.2, 0.25) is 0 Å². The molecule has 1 saturated heterocycles. The Morgan fingerprint density at radius 2 is 2.11 bits per heavy atom. The number of anilines is 1. The lowest BCUT2D eigenvalue weighted by atomic mass is 10.1. The Kier molecular flexibility index (Phi) is 3.90. The van der Waals surface area contributed by atoms with E-state index in [-0.39, 0.29) is 6.04 Å². The van der Waals surface area contributed by atoms with Gasteiger partial charge >= 0.3 is 6.18 Å². The molecule has 1 aliphatic rings. The molecule has 0 bridgehead atoms. The quantitative estimate of drug-likeness (QED) is 0.720. The monoisotopic (exact) mass is 321 g/mol. The summed E-state index contributed by atoms with van der Waals surface area (Å²) in [6.07, 6.45) is -2.38. The van der Waals surface area contributed by atoms with Crippen molar-refractivity contribution in [2.45, 2.75) is 37.3 Å². The number of benzene rings is 1. The van der Waals surface area contributed by atoms with Crippen LogP contribution in [-0.2, 0) is 11.5 Å². The summed E-state index contributed by atoms with van der Waals surface area (Å²) in [7, 11) is 0. The number of rotatable bonds is 2. The Labute approximate surface area is 113 Å². The zero-order valence-corrected chi connectivity index (χ0v) is 11.7. The van der Waals surface area contributed by atoms with Gasteiger partial charge in [-0.05, 0) is 37.5 Å². The second-order valence-corrected chi connectivity index (χ2v) is 5.23. The summed E-state index contributed by atoms with van der Waals surface area (Å²) in [5, 5.41) is 0.436. The lowest BCUT2D eigenvalue weighted by Crippen LogP contribution is -2.28. The van der Waals surface area contributed by atoms with Gasteiger partial charge < -0.3 is 4.90 Å². The van der Waals surface area contributed by atoms with Crippen molar-refractivity contribution in [2.75, 3.05) is 11.4 Å². The summed E-state index contributed by atoms with van der Waals surface area (Å²) < 4.78 is 39.3. The van der Waals surface area contributed by atoms with E-state index in [2.05, 4.69) is 15.9 Å². The Balaban J connectivity index is 2.46. The molecule has 1 unspecified atom stereocenters. The van der Waals surface area contributed by atoms with Crippen molar-refractivity contribution in [1.82, 2.24) is 0 Å². The minimum atomic E-state index is -4.30. The van der Waals surface area contributed by atoms with Gasteiger partial charge in [-0.1, -0.05) is 22.0 Å². The highest BCUT2D eigenvalue weighted by Gasteiger charge is 2.36. The van der Waals surface area contributed by atoms with Gasteiger partial charge in [-0.25, -0.2) is 0 Å². The zero-order chi connectivity index (χ0) is 13.3. The van der Waals surface area contributed by atoms with Crippen LogP contribution in [-0.4, -0.2) is 12.6 Å². The summed E-state index contributed by atoms with van der Waals surface area (Å²) in [6.45, 7) is 2.68. The highest BCUT2D eigenvalue weighted by molar-refractivity contribution is 9.08. The van der Waals surface area contributed by atoms with Gasteiger partial charge in [0.25, 0.3) is 0 Å². The van der Waals surface area contributed by atoms with Crippen molar-refractivity contribution in [2.24, 2.45) is 0 Å². The fraction of sp³-hybridized carbons (Fsp3) is 0.538. The largest absolute Gasteiger partial charge is 0.418 e. The Hall–Kier alpha value is -0.710. The normalized spacial score (nSPS) is 20.5. The van der Waals surface area contributed by atoms with Gasteiger partial charge in [0, 0.05) is 23.6 Å². The third-order valence-corrected chi connectivity index (χ3v) is 4.03. The second-order valence-electron chi connectivity index (χ2n) is 4.67. The predicted octanol–water partition coefficient (Wildman–Crippen LogP) is 4.59. The van der Waals surface area contributed by atoms with Crippen LogP contribution in [0.4, 0.5) is 18.9 Å². The molecule has 0 N–H and O–H groups in total. The summed E-state index contributed by atoms with van der Waals surface area (Å²) in [6, 6.07) is 4.78. The van der Waals surface area contributed by atoms with Crippen LogP contribution < -0.4 is 4.90 Å². The first kappa shape index (κ1) is 13.7. The molecule has 0 aromatic heterocycles. The summed E-state index contributed by atoms with van der Waals surface area (Å²) in [5.74, 6) is 0. The van der Waals surface area contributed by atoms with E-state index >= 15 is 0 Å². The molecule has 1 fully saturated rings. The van der Waals surface area contributed by atoms with Crippen LogP contribution in [0.3, 0.4) is 0 Å². The minimum Gasteiger partial charge on any atom is -0.368 e. The molecule has 0 saturated carbocycles. The third-order valence-electron chi connectivity index (χ3n) is 3.38. The summed E-state index contributed by atoms with van der Waals surface area (Å²) in [5.41, 5.74) is 0.448. The van der Waals surface area contributed by atoms with Gasteiger partial charge in [-0.3, -0.25) is 0 Å². The molecule has 18 heavy (non-hydrogen) atoms. The first-order valence-electron chi connectivity index (χ1n) is 5.96. The van der Waals surface area contributed by atoms with Crippen molar-refractivity contribution in [3.05, 3.63) is 29.3 Å². The topological polar surface area (TPSA) is 3.24 Å².